The van der Waals surface area contributed by atoms with Crippen LogP contribution in [0.5, 0.6) is 0 Å². The van der Waals surface area contributed by atoms with Gasteiger partial charge in [-0.05, 0) is 49.9 Å². The van der Waals surface area contributed by atoms with Crippen LogP contribution in [0, 0.1) is 6.92 Å². The van der Waals surface area contributed by atoms with E-state index in [0.717, 1.165) is 37.7 Å². The molecule has 25 heavy (non-hydrogen) atoms. The van der Waals surface area contributed by atoms with Crippen molar-refractivity contribution in [2.75, 3.05) is 55.8 Å². The summed E-state index contributed by atoms with van der Waals surface area (Å²) in [4.78, 5) is 21.3. The van der Waals surface area contributed by atoms with Crippen LogP contribution in [0.1, 0.15) is 15.9 Å². The number of likely N-dealkylation sites (N-methyl/N-ethyl adjacent to an activating group) is 1. The van der Waals surface area contributed by atoms with Crippen LogP contribution in [-0.2, 0) is 0 Å². The summed E-state index contributed by atoms with van der Waals surface area (Å²) in [5.74, 6) is 0.589. The van der Waals surface area contributed by atoms with Crippen molar-refractivity contribution in [3.8, 4) is 0 Å². The van der Waals surface area contributed by atoms with E-state index < -0.39 is 0 Å². The molecular weight excluding hydrogens is 314 g/mol. The van der Waals surface area contributed by atoms with E-state index >= 15 is 0 Å². The van der Waals surface area contributed by atoms with Crippen molar-refractivity contribution in [2.24, 2.45) is 0 Å². The first-order chi connectivity index (χ1) is 12.1. The van der Waals surface area contributed by atoms with Crippen LogP contribution in [0.2, 0.25) is 0 Å². The molecule has 0 spiro atoms. The molecule has 1 amide bonds. The number of rotatable bonds is 4. The molecule has 0 radical (unpaired) electrons. The summed E-state index contributed by atoms with van der Waals surface area (Å²) >= 11 is 0. The molecule has 0 unspecified atom stereocenters. The predicted octanol–water partition coefficient (Wildman–Crippen LogP) is 2.44. The molecule has 6 nitrogen and oxygen atoms in total. The highest BCUT2D eigenvalue weighted by Gasteiger charge is 2.16. The number of pyridine rings is 1. The number of amides is 1. The van der Waals surface area contributed by atoms with Gasteiger partial charge in [0.25, 0.3) is 5.91 Å². The van der Waals surface area contributed by atoms with Crippen molar-refractivity contribution in [1.29, 1.82) is 0 Å². The van der Waals surface area contributed by atoms with Crippen LogP contribution in [0.3, 0.4) is 0 Å². The van der Waals surface area contributed by atoms with E-state index in [9.17, 15) is 4.79 Å². The summed E-state index contributed by atoms with van der Waals surface area (Å²) < 4.78 is 0. The topological polar surface area (TPSA) is 60.5 Å². The predicted molar refractivity (Wildman–Crippen MR) is 103 cm³/mol. The highest BCUT2D eigenvalue weighted by Crippen LogP contribution is 2.25. The van der Waals surface area contributed by atoms with Gasteiger partial charge in [0.2, 0.25) is 0 Å². The molecule has 1 aromatic heterocycles. The van der Waals surface area contributed by atoms with Crippen LogP contribution in [0.25, 0.3) is 0 Å². The summed E-state index contributed by atoms with van der Waals surface area (Å²) in [6.45, 7) is 6.31. The van der Waals surface area contributed by atoms with Crippen molar-refractivity contribution >= 4 is 23.1 Å². The van der Waals surface area contributed by atoms with E-state index in [2.05, 4.69) is 45.5 Å². The highest BCUT2D eigenvalue weighted by atomic mass is 16.1. The second kappa shape index (κ2) is 7.53. The maximum Gasteiger partial charge on any atom is 0.257 e. The fraction of sp³-hybridized carbons (Fsp3) is 0.368. The number of anilines is 3. The first kappa shape index (κ1) is 17.2. The number of hydrogen-bond donors (Lipinski definition) is 2. The summed E-state index contributed by atoms with van der Waals surface area (Å²) in [5.41, 5.74) is 3.76. The lowest BCUT2D eigenvalue weighted by molar-refractivity contribution is 0.102. The van der Waals surface area contributed by atoms with Crippen molar-refractivity contribution in [3.63, 3.8) is 0 Å². The highest BCUT2D eigenvalue weighted by molar-refractivity contribution is 6.04. The largest absolute Gasteiger partial charge is 0.373 e. The Morgan fingerprint density at radius 3 is 2.48 bits per heavy atom. The molecule has 2 heterocycles. The van der Waals surface area contributed by atoms with E-state index in [1.807, 2.05) is 12.1 Å². The van der Waals surface area contributed by atoms with Gasteiger partial charge in [-0.3, -0.25) is 4.79 Å². The molecule has 0 atom stereocenters. The Bertz CT molecular complexity index is 736. The number of carbonyl (C=O) groups excluding carboxylic acids is 1. The van der Waals surface area contributed by atoms with Gasteiger partial charge in [-0.25, -0.2) is 4.98 Å². The monoisotopic (exact) mass is 339 g/mol. The molecule has 1 aliphatic heterocycles. The van der Waals surface area contributed by atoms with Crippen molar-refractivity contribution in [2.45, 2.75) is 6.92 Å². The van der Waals surface area contributed by atoms with Gasteiger partial charge in [-0.15, -0.1) is 0 Å². The summed E-state index contributed by atoms with van der Waals surface area (Å²) in [7, 11) is 3.95. The van der Waals surface area contributed by atoms with E-state index in [-0.39, 0.29) is 5.91 Å². The lowest BCUT2D eigenvalue weighted by Crippen LogP contribution is -2.44. The van der Waals surface area contributed by atoms with Crippen LogP contribution in [0.4, 0.5) is 17.2 Å². The molecule has 1 aromatic carbocycles. The number of hydrogen-bond acceptors (Lipinski definition) is 5. The van der Waals surface area contributed by atoms with Crippen LogP contribution >= 0.6 is 0 Å². The Hall–Kier alpha value is -2.60. The Morgan fingerprint density at radius 2 is 1.88 bits per heavy atom. The summed E-state index contributed by atoms with van der Waals surface area (Å²) in [6.07, 6.45) is 1.58. The Balaban J connectivity index is 1.68. The van der Waals surface area contributed by atoms with Gasteiger partial charge in [0.05, 0.1) is 5.56 Å². The number of aromatic nitrogens is 1. The molecule has 1 saturated heterocycles. The lowest BCUT2D eigenvalue weighted by Gasteiger charge is -2.35. The van der Waals surface area contributed by atoms with Gasteiger partial charge in [0, 0.05) is 50.8 Å². The van der Waals surface area contributed by atoms with E-state index in [1.165, 1.54) is 11.3 Å². The fourth-order valence-corrected chi connectivity index (χ4v) is 3.01. The molecule has 0 aliphatic carbocycles. The van der Waals surface area contributed by atoms with Gasteiger partial charge in [-0.2, -0.15) is 0 Å². The third-order valence-electron chi connectivity index (χ3n) is 4.58. The molecule has 132 valence electrons. The maximum atomic E-state index is 12.4. The number of carbonyl (C=O) groups is 1. The second-order valence-corrected chi connectivity index (χ2v) is 6.43. The normalized spacial score (nSPS) is 15.1. The number of benzene rings is 1. The Kier molecular flexibility index (Phi) is 5.19. The average Bonchev–Trinajstić information content (AvgIpc) is 2.63. The van der Waals surface area contributed by atoms with Crippen molar-refractivity contribution in [3.05, 3.63) is 47.7 Å². The Labute approximate surface area is 148 Å². The van der Waals surface area contributed by atoms with Crippen molar-refractivity contribution < 1.29 is 4.79 Å². The minimum atomic E-state index is -0.151. The molecule has 2 aromatic rings. The second-order valence-electron chi connectivity index (χ2n) is 6.43. The van der Waals surface area contributed by atoms with Gasteiger partial charge in [0.15, 0.2) is 0 Å². The molecule has 1 aliphatic rings. The number of aryl methyl sites for hydroxylation is 1. The fourth-order valence-electron chi connectivity index (χ4n) is 3.01. The third-order valence-corrected chi connectivity index (χ3v) is 4.58. The van der Waals surface area contributed by atoms with Gasteiger partial charge >= 0.3 is 0 Å². The molecule has 2 N–H and O–H groups in total. The first-order valence-electron chi connectivity index (χ1n) is 8.56. The SMILES string of the molecule is CNc1ccc(C(=O)Nc2ccc(N3CCN(C)CC3)c(C)c2)cn1. The molecule has 0 saturated carbocycles. The first-order valence-corrected chi connectivity index (χ1v) is 8.56. The molecule has 3 rings (SSSR count). The lowest BCUT2D eigenvalue weighted by atomic mass is 10.1. The zero-order chi connectivity index (χ0) is 17.8. The quantitative estimate of drug-likeness (QED) is 0.896. The zero-order valence-electron chi connectivity index (χ0n) is 15.0. The molecular formula is C19H25N5O. The summed E-state index contributed by atoms with van der Waals surface area (Å²) in [6, 6.07) is 9.64. The van der Waals surface area contributed by atoms with Crippen molar-refractivity contribution in [1.82, 2.24) is 9.88 Å². The molecule has 1 fully saturated rings. The molecule has 6 heteroatoms. The maximum absolute atomic E-state index is 12.4. The zero-order valence-corrected chi connectivity index (χ0v) is 15.0. The number of nitrogens with one attached hydrogen (secondary N) is 2. The van der Waals surface area contributed by atoms with Crippen LogP contribution in [-0.4, -0.2) is 56.1 Å². The van der Waals surface area contributed by atoms with Crippen LogP contribution < -0.4 is 15.5 Å². The minimum Gasteiger partial charge on any atom is -0.373 e. The Morgan fingerprint density at radius 1 is 1.12 bits per heavy atom. The van der Waals surface area contributed by atoms with Gasteiger partial charge in [0.1, 0.15) is 5.82 Å². The number of piperazine rings is 1. The standard InChI is InChI=1S/C19H25N5O/c1-14-12-16(5-6-17(14)24-10-8-23(3)9-11-24)22-19(25)15-4-7-18(20-2)21-13-15/h4-7,12-13H,8-11H2,1-3H3,(H,20,21)(H,22,25). The van der Waals surface area contributed by atoms with E-state index in [4.69, 9.17) is 0 Å². The van der Waals surface area contributed by atoms with E-state index in [0.29, 0.717) is 5.56 Å². The summed E-state index contributed by atoms with van der Waals surface area (Å²) in [5, 5.41) is 5.89. The van der Waals surface area contributed by atoms with Crippen LogP contribution in [0.15, 0.2) is 36.5 Å². The number of nitrogens with zero attached hydrogens (tertiary/aromatic N) is 3. The average molecular weight is 339 g/mol. The molecule has 0 bridgehead atoms. The van der Waals surface area contributed by atoms with E-state index in [1.54, 1.807) is 25.4 Å². The smallest absolute Gasteiger partial charge is 0.257 e. The minimum absolute atomic E-state index is 0.151. The van der Waals surface area contributed by atoms with Gasteiger partial charge in [-0.1, -0.05) is 0 Å². The third kappa shape index (κ3) is 4.09. The van der Waals surface area contributed by atoms with Gasteiger partial charge < -0.3 is 20.4 Å².